The van der Waals surface area contributed by atoms with Gasteiger partial charge in [-0.2, -0.15) is 0 Å². The van der Waals surface area contributed by atoms with Gasteiger partial charge >= 0.3 is 0 Å². The summed E-state index contributed by atoms with van der Waals surface area (Å²) in [6, 6.07) is 5.80. The Morgan fingerprint density at radius 1 is 1.21 bits per heavy atom. The zero-order valence-corrected chi connectivity index (χ0v) is 11.7. The van der Waals surface area contributed by atoms with Crippen molar-refractivity contribution >= 4 is 0 Å². The molecule has 0 bridgehead atoms. The zero-order chi connectivity index (χ0) is 13.5. The molecule has 0 amide bonds. The minimum atomic E-state index is 0.489. The molecule has 0 radical (unpaired) electrons. The summed E-state index contributed by atoms with van der Waals surface area (Å²) in [4.78, 5) is 2.46. The van der Waals surface area contributed by atoms with Crippen LogP contribution in [-0.2, 0) is 6.54 Å². The van der Waals surface area contributed by atoms with Gasteiger partial charge in [-0.15, -0.1) is 0 Å². The highest BCUT2D eigenvalue weighted by atomic mass is 16.5. The summed E-state index contributed by atoms with van der Waals surface area (Å²) in [7, 11) is 1.66. The van der Waals surface area contributed by atoms with Gasteiger partial charge in [0, 0.05) is 24.7 Å². The minimum Gasteiger partial charge on any atom is -0.497 e. The van der Waals surface area contributed by atoms with Crippen molar-refractivity contribution in [3.63, 3.8) is 0 Å². The molecule has 1 heterocycles. The molecular weight excluding hydrogens is 240 g/mol. The Hall–Kier alpha value is -1.26. The number of piperidine rings is 1. The highest BCUT2D eigenvalue weighted by molar-refractivity contribution is 5.40. The lowest BCUT2D eigenvalue weighted by Crippen LogP contribution is -2.33. The Balaban J connectivity index is 1.86. The van der Waals surface area contributed by atoms with Crippen LogP contribution in [0.2, 0.25) is 0 Å². The molecule has 19 heavy (non-hydrogen) atoms. The maximum atomic E-state index is 5.87. The maximum absolute atomic E-state index is 5.87. The molecule has 0 unspecified atom stereocenters. The number of benzene rings is 1. The second kappa shape index (κ2) is 7.36. The van der Waals surface area contributed by atoms with E-state index in [0.29, 0.717) is 13.2 Å². The van der Waals surface area contributed by atoms with Gasteiger partial charge in [-0.1, -0.05) is 12.5 Å². The van der Waals surface area contributed by atoms with Crippen LogP contribution in [0.25, 0.3) is 0 Å². The smallest absolute Gasteiger partial charge is 0.127 e. The van der Waals surface area contributed by atoms with Crippen LogP contribution in [-0.4, -0.2) is 38.3 Å². The summed E-state index contributed by atoms with van der Waals surface area (Å²) in [6.45, 7) is 4.58. The van der Waals surface area contributed by atoms with Crippen LogP contribution < -0.4 is 15.2 Å². The van der Waals surface area contributed by atoms with Crippen LogP contribution in [0.15, 0.2) is 18.2 Å². The second-order valence-corrected chi connectivity index (χ2v) is 4.93. The summed E-state index contributed by atoms with van der Waals surface area (Å²) in [5, 5.41) is 0. The van der Waals surface area contributed by atoms with Gasteiger partial charge < -0.3 is 15.2 Å². The summed E-state index contributed by atoms with van der Waals surface area (Å²) in [6.07, 6.45) is 3.99. The minimum absolute atomic E-state index is 0.489. The van der Waals surface area contributed by atoms with E-state index in [9.17, 15) is 0 Å². The van der Waals surface area contributed by atoms with Crippen LogP contribution in [0.3, 0.4) is 0 Å². The van der Waals surface area contributed by atoms with Crippen LogP contribution in [0.4, 0.5) is 0 Å². The van der Waals surface area contributed by atoms with Gasteiger partial charge in [-0.3, -0.25) is 4.90 Å². The molecule has 2 N–H and O–H groups in total. The Kier molecular flexibility index (Phi) is 5.48. The van der Waals surface area contributed by atoms with Crippen molar-refractivity contribution in [1.82, 2.24) is 4.90 Å². The van der Waals surface area contributed by atoms with Gasteiger partial charge in [0.05, 0.1) is 7.11 Å². The lowest BCUT2D eigenvalue weighted by Gasteiger charge is -2.26. The van der Waals surface area contributed by atoms with E-state index < -0.39 is 0 Å². The number of ether oxygens (including phenoxy) is 2. The van der Waals surface area contributed by atoms with E-state index >= 15 is 0 Å². The molecule has 106 valence electrons. The SMILES string of the molecule is COc1ccc(CN)c(OCCN2CCCCC2)c1. The predicted octanol–water partition coefficient (Wildman–Crippen LogP) is 2.02. The third-order valence-electron chi connectivity index (χ3n) is 3.61. The lowest BCUT2D eigenvalue weighted by atomic mass is 10.1. The Labute approximate surface area is 115 Å². The van der Waals surface area contributed by atoms with Crippen molar-refractivity contribution in [3.8, 4) is 11.5 Å². The molecule has 1 saturated heterocycles. The molecule has 1 aromatic carbocycles. The van der Waals surface area contributed by atoms with E-state index in [1.165, 1.54) is 32.4 Å². The Morgan fingerprint density at radius 2 is 2.00 bits per heavy atom. The van der Waals surface area contributed by atoms with Crippen molar-refractivity contribution < 1.29 is 9.47 Å². The van der Waals surface area contributed by atoms with Gasteiger partial charge in [-0.05, 0) is 32.0 Å². The largest absolute Gasteiger partial charge is 0.497 e. The highest BCUT2D eigenvalue weighted by Gasteiger charge is 2.10. The molecule has 2 rings (SSSR count). The van der Waals surface area contributed by atoms with Crippen LogP contribution in [0.5, 0.6) is 11.5 Å². The van der Waals surface area contributed by atoms with Crippen molar-refractivity contribution in [2.45, 2.75) is 25.8 Å². The third-order valence-corrected chi connectivity index (χ3v) is 3.61. The zero-order valence-electron chi connectivity index (χ0n) is 11.7. The van der Waals surface area contributed by atoms with Gasteiger partial charge in [0.1, 0.15) is 18.1 Å². The van der Waals surface area contributed by atoms with Gasteiger partial charge in [0.15, 0.2) is 0 Å². The molecule has 1 aliphatic rings. The van der Waals surface area contributed by atoms with E-state index in [-0.39, 0.29) is 0 Å². The normalized spacial score (nSPS) is 16.3. The Bertz CT molecular complexity index is 390. The quantitative estimate of drug-likeness (QED) is 0.854. The number of rotatable bonds is 6. The molecule has 0 aliphatic carbocycles. The van der Waals surface area contributed by atoms with E-state index in [0.717, 1.165) is 23.6 Å². The van der Waals surface area contributed by atoms with Gasteiger partial charge in [0.2, 0.25) is 0 Å². The van der Waals surface area contributed by atoms with E-state index in [1.54, 1.807) is 7.11 Å². The summed E-state index contributed by atoms with van der Waals surface area (Å²) in [5.41, 5.74) is 6.75. The van der Waals surface area contributed by atoms with Crippen molar-refractivity contribution in [2.24, 2.45) is 5.73 Å². The standard InChI is InChI=1S/C15H24N2O2/c1-18-14-6-5-13(12-16)15(11-14)19-10-9-17-7-3-2-4-8-17/h5-6,11H,2-4,7-10,12,16H2,1H3. The third kappa shape index (κ3) is 4.11. The van der Waals surface area contributed by atoms with Crippen LogP contribution >= 0.6 is 0 Å². The van der Waals surface area contributed by atoms with E-state index in [1.807, 2.05) is 18.2 Å². The number of methoxy groups -OCH3 is 1. The molecule has 1 aliphatic heterocycles. The molecule has 1 aromatic rings. The predicted molar refractivity (Wildman–Crippen MR) is 76.7 cm³/mol. The molecule has 0 spiro atoms. The first-order valence-corrected chi connectivity index (χ1v) is 7.05. The Morgan fingerprint density at radius 3 is 2.68 bits per heavy atom. The molecule has 4 nitrogen and oxygen atoms in total. The molecule has 1 fully saturated rings. The fourth-order valence-corrected chi connectivity index (χ4v) is 2.43. The highest BCUT2D eigenvalue weighted by Crippen LogP contribution is 2.24. The molecule has 0 aromatic heterocycles. The van der Waals surface area contributed by atoms with Crippen molar-refractivity contribution in [1.29, 1.82) is 0 Å². The fourth-order valence-electron chi connectivity index (χ4n) is 2.43. The number of nitrogens with two attached hydrogens (primary N) is 1. The molecular formula is C15H24N2O2. The monoisotopic (exact) mass is 264 g/mol. The number of hydrogen-bond donors (Lipinski definition) is 1. The average Bonchev–Trinajstić information content (AvgIpc) is 2.48. The summed E-state index contributed by atoms with van der Waals surface area (Å²) in [5.74, 6) is 1.66. The van der Waals surface area contributed by atoms with E-state index in [4.69, 9.17) is 15.2 Å². The van der Waals surface area contributed by atoms with Crippen LogP contribution in [0, 0.1) is 0 Å². The summed E-state index contributed by atoms with van der Waals surface area (Å²) < 4.78 is 11.1. The number of nitrogens with zero attached hydrogens (tertiary/aromatic N) is 1. The first-order chi connectivity index (χ1) is 9.33. The molecule has 0 atom stereocenters. The first-order valence-electron chi connectivity index (χ1n) is 7.05. The average molecular weight is 264 g/mol. The lowest BCUT2D eigenvalue weighted by molar-refractivity contribution is 0.182. The number of likely N-dealkylation sites (tertiary alicyclic amines) is 1. The van der Waals surface area contributed by atoms with Crippen molar-refractivity contribution in [3.05, 3.63) is 23.8 Å². The van der Waals surface area contributed by atoms with Gasteiger partial charge in [0.25, 0.3) is 0 Å². The second-order valence-electron chi connectivity index (χ2n) is 4.93. The molecule has 0 saturated carbocycles. The van der Waals surface area contributed by atoms with Crippen molar-refractivity contribution in [2.75, 3.05) is 33.4 Å². The first kappa shape index (κ1) is 14.2. The molecule has 4 heteroatoms. The van der Waals surface area contributed by atoms with Gasteiger partial charge in [-0.25, -0.2) is 0 Å². The summed E-state index contributed by atoms with van der Waals surface area (Å²) >= 11 is 0. The van der Waals surface area contributed by atoms with Crippen LogP contribution in [0.1, 0.15) is 24.8 Å². The maximum Gasteiger partial charge on any atom is 0.127 e. The fraction of sp³-hybridized carbons (Fsp3) is 0.600. The topological polar surface area (TPSA) is 47.7 Å². The number of hydrogen-bond acceptors (Lipinski definition) is 4. The van der Waals surface area contributed by atoms with E-state index in [2.05, 4.69) is 4.90 Å².